The molecule has 2 aromatic rings. The summed E-state index contributed by atoms with van der Waals surface area (Å²) in [7, 11) is 0. The van der Waals surface area contributed by atoms with Crippen molar-refractivity contribution in [3.05, 3.63) is 64.4 Å². The Bertz CT molecular complexity index is 856. The molecule has 0 heterocycles. The van der Waals surface area contributed by atoms with Crippen LogP contribution in [0.2, 0.25) is 5.02 Å². The summed E-state index contributed by atoms with van der Waals surface area (Å²) in [4.78, 5) is 11.6. The fourth-order valence-corrected chi connectivity index (χ4v) is 2.00. The molecule has 0 radical (unpaired) electrons. The number of halogens is 5. The van der Waals surface area contributed by atoms with Gasteiger partial charge < -0.3 is 10.1 Å². The second kappa shape index (κ2) is 8.59. The monoisotopic (exact) mass is 385 g/mol. The second-order valence-corrected chi connectivity index (χ2v) is 5.43. The van der Waals surface area contributed by atoms with E-state index in [9.17, 15) is 22.4 Å². The topological polar surface area (TPSA) is 38.3 Å². The van der Waals surface area contributed by atoms with Gasteiger partial charge >= 0.3 is 6.18 Å². The standard InChI is InChI=1S/C18H12ClF4NO2/c19-15-10-14(6-7-16(15)20)26-11-17(25)24-8-2-4-12-3-1-5-13(9-12)18(21,22)23/h1,3,5-7,9-10H,8,11H2,(H,24,25). The van der Waals surface area contributed by atoms with Crippen LogP contribution in [0.25, 0.3) is 0 Å². The van der Waals surface area contributed by atoms with Crippen LogP contribution in [0.4, 0.5) is 17.6 Å². The summed E-state index contributed by atoms with van der Waals surface area (Å²) in [5.74, 6) is 4.21. The summed E-state index contributed by atoms with van der Waals surface area (Å²) >= 11 is 5.58. The minimum Gasteiger partial charge on any atom is -0.484 e. The molecule has 2 rings (SSSR count). The van der Waals surface area contributed by atoms with Gasteiger partial charge in [0.15, 0.2) is 6.61 Å². The van der Waals surface area contributed by atoms with Gasteiger partial charge in [-0.1, -0.05) is 29.5 Å². The molecule has 0 atom stereocenters. The normalized spacial score (nSPS) is 10.7. The van der Waals surface area contributed by atoms with Crippen molar-refractivity contribution in [2.45, 2.75) is 6.18 Å². The first-order chi connectivity index (χ1) is 12.3. The van der Waals surface area contributed by atoms with E-state index in [4.69, 9.17) is 16.3 Å². The first-order valence-corrected chi connectivity index (χ1v) is 7.64. The molecule has 8 heteroatoms. The zero-order chi connectivity index (χ0) is 19.2. The Labute approximate surface area is 151 Å². The van der Waals surface area contributed by atoms with Gasteiger partial charge in [-0.2, -0.15) is 13.2 Å². The van der Waals surface area contributed by atoms with Crippen molar-refractivity contribution >= 4 is 17.5 Å². The Morgan fingerprint density at radius 3 is 2.65 bits per heavy atom. The van der Waals surface area contributed by atoms with E-state index in [0.717, 1.165) is 18.2 Å². The van der Waals surface area contributed by atoms with E-state index in [2.05, 4.69) is 17.2 Å². The van der Waals surface area contributed by atoms with Crippen LogP contribution in [0.3, 0.4) is 0 Å². The maximum atomic E-state index is 13.0. The van der Waals surface area contributed by atoms with Crippen LogP contribution in [0, 0.1) is 17.7 Å². The molecule has 1 amide bonds. The summed E-state index contributed by atoms with van der Waals surface area (Å²) in [5, 5.41) is 2.30. The summed E-state index contributed by atoms with van der Waals surface area (Å²) in [6, 6.07) is 8.23. The Morgan fingerprint density at radius 2 is 1.96 bits per heavy atom. The molecule has 0 aliphatic heterocycles. The van der Waals surface area contributed by atoms with Crippen molar-refractivity contribution in [1.82, 2.24) is 5.32 Å². The Balaban J connectivity index is 1.82. The number of hydrogen-bond acceptors (Lipinski definition) is 2. The van der Waals surface area contributed by atoms with Crippen LogP contribution >= 0.6 is 11.6 Å². The molecular formula is C18H12ClF4NO2. The predicted molar refractivity (Wildman–Crippen MR) is 88.2 cm³/mol. The van der Waals surface area contributed by atoms with Crippen molar-refractivity contribution in [1.29, 1.82) is 0 Å². The smallest absolute Gasteiger partial charge is 0.416 e. The Kier molecular flexibility index (Phi) is 6.47. The number of benzene rings is 2. The van der Waals surface area contributed by atoms with Crippen LogP contribution < -0.4 is 10.1 Å². The fraction of sp³-hybridized carbons (Fsp3) is 0.167. The highest BCUT2D eigenvalue weighted by atomic mass is 35.5. The maximum Gasteiger partial charge on any atom is 0.416 e. The van der Waals surface area contributed by atoms with E-state index in [-0.39, 0.29) is 29.5 Å². The van der Waals surface area contributed by atoms with E-state index in [1.165, 1.54) is 24.3 Å². The largest absolute Gasteiger partial charge is 0.484 e. The number of amides is 1. The molecular weight excluding hydrogens is 374 g/mol. The molecule has 1 N–H and O–H groups in total. The number of carbonyl (C=O) groups is 1. The summed E-state index contributed by atoms with van der Waals surface area (Å²) < 4.78 is 55.9. The fourth-order valence-electron chi connectivity index (χ4n) is 1.83. The van der Waals surface area contributed by atoms with Crippen LogP contribution in [0.1, 0.15) is 11.1 Å². The van der Waals surface area contributed by atoms with Gasteiger partial charge in [0.05, 0.1) is 17.1 Å². The number of rotatable bonds is 4. The molecule has 0 aromatic heterocycles. The molecule has 26 heavy (non-hydrogen) atoms. The van der Waals surface area contributed by atoms with Crippen LogP contribution in [-0.4, -0.2) is 19.1 Å². The van der Waals surface area contributed by atoms with E-state index in [1.807, 2.05) is 0 Å². The van der Waals surface area contributed by atoms with E-state index < -0.39 is 23.5 Å². The van der Waals surface area contributed by atoms with Crippen LogP contribution in [-0.2, 0) is 11.0 Å². The lowest BCUT2D eigenvalue weighted by molar-refractivity contribution is -0.137. The molecule has 0 spiro atoms. The highest BCUT2D eigenvalue weighted by molar-refractivity contribution is 6.30. The molecule has 0 saturated heterocycles. The van der Waals surface area contributed by atoms with Crippen LogP contribution in [0.15, 0.2) is 42.5 Å². The molecule has 0 bridgehead atoms. The van der Waals surface area contributed by atoms with E-state index >= 15 is 0 Å². The van der Waals surface area contributed by atoms with Gasteiger partial charge in [0.1, 0.15) is 11.6 Å². The maximum absolute atomic E-state index is 13.0. The van der Waals surface area contributed by atoms with Gasteiger partial charge in [0, 0.05) is 11.6 Å². The van der Waals surface area contributed by atoms with Crippen molar-refractivity contribution in [2.24, 2.45) is 0 Å². The first kappa shape index (κ1) is 19.6. The van der Waals surface area contributed by atoms with Gasteiger partial charge in [-0.25, -0.2) is 4.39 Å². The quantitative estimate of drug-likeness (QED) is 0.637. The summed E-state index contributed by atoms with van der Waals surface area (Å²) in [6.45, 7) is -0.407. The molecule has 2 aromatic carbocycles. The molecule has 0 aliphatic rings. The van der Waals surface area contributed by atoms with E-state index in [0.29, 0.717) is 0 Å². The van der Waals surface area contributed by atoms with Crippen molar-refractivity contribution in [3.63, 3.8) is 0 Å². The van der Waals surface area contributed by atoms with Gasteiger partial charge in [0.2, 0.25) is 0 Å². The number of alkyl halides is 3. The van der Waals surface area contributed by atoms with Crippen molar-refractivity contribution in [2.75, 3.05) is 13.2 Å². The van der Waals surface area contributed by atoms with Crippen molar-refractivity contribution < 1.29 is 27.1 Å². The Hall–Kier alpha value is -2.72. The number of ether oxygens (including phenoxy) is 1. The minimum atomic E-state index is -4.44. The molecule has 3 nitrogen and oxygen atoms in total. The molecule has 0 unspecified atom stereocenters. The Morgan fingerprint density at radius 1 is 1.19 bits per heavy atom. The third-order valence-electron chi connectivity index (χ3n) is 3.06. The lowest BCUT2D eigenvalue weighted by atomic mass is 10.1. The number of hydrogen-bond donors (Lipinski definition) is 1. The zero-order valence-electron chi connectivity index (χ0n) is 13.2. The average molecular weight is 386 g/mol. The van der Waals surface area contributed by atoms with Crippen LogP contribution in [0.5, 0.6) is 5.75 Å². The SMILES string of the molecule is O=C(COc1ccc(F)c(Cl)c1)NCC#Cc1cccc(C(F)(F)F)c1. The lowest BCUT2D eigenvalue weighted by Crippen LogP contribution is -2.29. The summed E-state index contributed by atoms with van der Waals surface area (Å²) in [6.07, 6.45) is -4.44. The average Bonchev–Trinajstić information content (AvgIpc) is 2.59. The highest BCUT2D eigenvalue weighted by Crippen LogP contribution is 2.29. The predicted octanol–water partition coefficient (Wildman–Crippen LogP) is 4.04. The molecule has 136 valence electrons. The number of carbonyl (C=O) groups excluding carboxylic acids is 1. The molecule has 0 aliphatic carbocycles. The third-order valence-corrected chi connectivity index (χ3v) is 3.35. The summed E-state index contributed by atoms with van der Waals surface area (Å²) in [5.41, 5.74) is -0.606. The second-order valence-electron chi connectivity index (χ2n) is 5.02. The number of nitrogens with one attached hydrogen (secondary N) is 1. The molecule has 0 saturated carbocycles. The zero-order valence-corrected chi connectivity index (χ0v) is 13.9. The lowest BCUT2D eigenvalue weighted by Gasteiger charge is -2.06. The first-order valence-electron chi connectivity index (χ1n) is 7.26. The minimum absolute atomic E-state index is 0.0669. The van der Waals surface area contributed by atoms with E-state index in [1.54, 1.807) is 0 Å². The van der Waals surface area contributed by atoms with Gasteiger partial charge in [-0.3, -0.25) is 4.79 Å². The van der Waals surface area contributed by atoms with Crippen molar-refractivity contribution in [3.8, 4) is 17.6 Å². The third kappa shape index (κ3) is 5.97. The van der Waals surface area contributed by atoms with Gasteiger partial charge in [0.25, 0.3) is 5.91 Å². The molecule has 0 fully saturated rings. The van der Waals surface area contributed by atoms with Gasteiger partial charge in [-0.15, -0.1) is 0 Å². The van der Waals surface area contributed by atoms with Gasteiger partial charge in [-0.05, 0) is 30.3 Å². The highest BCUT2D eigenvalue weighted by Gasteiger charge is 2.30.